The topological polar surface area (TPSA) is 55.2 Å². The minimum atomic E-state index is -3.21. The summed E-state index contributed by atoms with van der Waals surface area (Å²) in [5.74, 6) is 0.850. The first kappa shape index (κ1) is 23.8. The fourth-order valence-corrected chi connectivity index (χ4v) is 5.67. The minimum absolute atomic E-state index is 0.332. The Bertz CT molecular complexity index is 1460. The first-order chi connectivity index (χ1) is 16.7. The highest BCUT2D eigenvalue weighted by molar-refractivity contribution is 7.90. The van der Waals surface area contributed by atoms with Crippen LogP contribution in [0.5, 0.6) is 0 Å². The van der Waals surface area contributed by atoms with Crippen molar-refractivity contribution < 1.29 is 8.42 Å². The van der Waals surface area contributed by atoms with E-state index < -0.39 is 9.84 Å². The van der Waals surface area contributed by atoms with E-state index in [1.807, 2.05) is 26.1 Å². The fourth-order valence-electron chi connectivity index (χ4n) is 5.04. The third-order valence-electron chi connectivity index (χ3n) is 7.34. The zero-order chi connectivity index (χ0) is 24.7. The molecule has 0 amide bonds. The van der Waals surface area contributed by atoms with E-state index in [1.54, 1.807) is 12.1 Å². The van der Waals surface area contributed by atoms with E-state index in [1.165, 1.54) is 37.8 Å². The Morgan fingerprint density at radius 3 is 2.20 bits per heavy atom. The van der Waals surface area contributed by atoms with Gasteiger partial charge < -0.3 is 4.57 Å². The molecule has 0 atom stereocenters. The van der Waals surface area contributed by atoms with Gasteiger partial charge in [-0.3, -0.25) is 9.88 Å². The van der Waals surface area contributed by atoms with Crippen LogP contribution in [0.4, 0.5) is 0 Å². The molecule has 0 bridgehead atoms. The van der Waals surface area contributed by atoms with Crippen molar-refractivity contribution in [2.75, 3.05) is 19.3 Å². The van der Waals surface area contributed by atoms with Gasteiger partial charge in [-0.2, -0.15) is 0 Å². The van der Waals surface area contributed by atoms with Gasteiger partial charge in [0.1, 0.15) is 0 Å². The van der Waals surface area contributed by atoms with Crippen LogP contribution in [-0.2, 0) is 23.4 Å². The Morgan fingerprint density at radius 1 is 0.943 bits per heavy atom. The van der Waals surface area contributed by atoms with Crippen LogP contribution in [0.15, 0.2) is 65.6 Å². The van der Waals surface area contributed by atoms with Gasteiger partial charge >= 0.3 is 0 Å². The molecule has 0 spiro atoms. The highest BCUT2D eigenvalue weighted by Crippen LogP contribution is 2.32. The monoisotopic (exact) mass is 487 g/mol. The Labute approximate surface area is 208 Å². The number of rotatable bonds is 5. The van der Waals surface area contributed by atoms with Crippen LogP contribution in [0.25, 0.3) is 33.4 Å². The lowest BCUT2D eigenvalue weighted by Crippen LogP contribution is -2.32. The van der Waals surface area contributed by atoms with Crippen LogP contribution in [0.2, 0.25) is 0 Å². The van der Waals surface area contributed by atoms with Gasteiger partial charge in [0.25, 0.3) is 0 Å². The molecule has 1 saturated heterocycles. The molecule has 2 aromatic carbocycles. The van der Waals surface area contributed by atoms with Crippen molar-refractivity contribution in [2.24, 2.45) is 13.0 Å². The van der Waals surface area contributed by atoms with Crippen molar-refractivity contribution in [1.29, 1.82) is 0 Å². The third kappa shape index (κ3) is 4.91. The molecule has 6 heteroatoms. The molecule has 0 N–H and O–H groups in total. The number of fused-ring (bicyclic) bond motifs is 1. The molecule has 1 aliphatic rings. The lowest BCUT2D eigenvalue weighted by atomic mass is 9.98. The highest BCUT2D eigenvalue weighted by Gasteiger charge is 2.17. The van der Waals surface area contributed by atoms with Gasteiger partial charge in [-0.05, 0) is 74.2 Å². The summed E-state index contributed by atoms with van der Waals surface area (Å²) in [5.41, 5.74) is 7.54. The van der Waals surface area contributed by atoms with E-state index in [9.17, 15) is 8.42 Å². The van der Waals surface area contributed by atoms with Gasteiger partial charge in [0.05, 0.1) is 16.1 Å². The molecule has 5 nitrogen and oxygen atoms in total. The molecule has 0 unspecified atom stereocenters. The number of piperidine rings is 1. The van der Waals surface area contributed by atoms with Crippen molar-refractivity contribution in [1.82, 2.24) is 14.5 Å². The van der Waals surface area contributed by atoms with E-state index in [4.69, 9.17) is 4.98 Å². The standard InChI is InChI=1S/C29H33N3O2S/c1-20-13-15-32(16-14-20)19-22-5-7-23(8-6-22)27-18-29-26(21(2)30-27)17-28(31(29)3)24-9-11-25(12-10-24)35(4,33)34/h5-12,17-18,20H,13-16,19H2,1-4H3. The van der Waals surface area contributed by atoms with Crippen molar-refractivity contribution >= 4 is 20.7 Å². The molecular weight excluding hydrogens is 454 g/mol. The summed E-state index contributed by atoms with van der Waals surface area (Å²) < 4.78 is 25.8. The Balaban J connectivity index is 1.42. The lowest BCUT2D eigenvalue weighted by molar-refractivity contribution is 0.185. The second-order valence-corrected chi connectivity index (χ2v) is 12.1. The number of pyridine rings is 1. The molecule has 1 aliphatic heterocycles. The van der Waals surface area contributed by atoms with Gasteiger partial charge in [-0.25, -0.2) is 8.42 Å². The number of aryl methyl sites for hydroxylation is 2. The molecule has 182 valence electrons. The maximum atomic E-state index is 11.8. The first-order valence-corrected chi connectivity index (χ1v) is 14.2. The maximum Gasteiger partial charge on any atom is 0.175 e. The molecule has 4 aromatic rings. The molecule has 5 rings (SSSR count). The summed E-state index contributed by atoms with van der Waals surface area (Å²) >= 11 is 0. The van der Waals surface area contributed by atoms with Gasteiger partial charge in [0, 0.05) is 42.2 Å². The number of aromatic nitrogens is 2. The molecule has 1 fully saturated rings. The fraction of sp³-hybridized carbons (Fsp3) is 0.345. The van der Waals surface area contributed by atoms with Crippen LogP contribution in [0.1, 0.15) is 31.0 Å². The Kier molecular flexibility index (Phi) is 6.28. The summed E-state index contributed by atoms with van der Waals surface area (Å²) in [6.45, 7) is 7.79. The van der Waals surface area contributed by atoms with Gasteiger partial charge in [0.2, 0.25) is 0 Å². The SMILES string of the molecule is Cc1nc(-c2ccc(CN3CCC(C)CC3)cc2)cc2c1cc(-c1ccc(S(C)(=O)=O)cc1)n2C. The predicted octanol–water partition coefficient (Wildman–Crippen LogP) is 5.85. The summed E-state index contributed by atoms with van der Waals surface area (Å²) in [4.78, 5) is 7.80. The predicted molar refractivity (Wildman–Crippen MR) is 143 cm³/mol. The molecule has 3 heterocycles. The second-order valence-electron chi connectivity index (χ2n) is 10.1. The van der Waals surface area contributed by atoms with Crippen LogP contribution in [0, 0.1) is 12.8 Å². The number of nitrogens with zero attached hydrogens (tertiary/aromatic N) is 3. The van der Waals surface area contributed by atoms with Gasteiger partial charge in [-0.1, -0.05) is 43.3 Å². The van der Waals surface area contributed by atoms with E-state index in [0.29, 0.717) is 4.90 Å². The molecular formula is C29H33N3O2S. The lowest BCUT2D eigenvalue weighted by Gasteiger charge is -2.30. The highest BCUT2D eigenvalue weighted by atomic mass is 32.2. The van der Waals surface area contributed by atoms with Gasteiger partial charge in [0.15, 0.2) is 9.84 Å². The summed E-state index contributed by atoms with van der Waals surface area (Å²) in [5, 5.41) is 1.11. The first-order valence-electron chi connectivity index (χ1n) is 12.3. The summed E-state index contributed by atoms with van der Waals surface area (Å²) in [7, 11) is -1.16. The number of hydrogen-bond acceptors (Lipinski definition) is 4. The van der Waals surface area contributed by atoms with Crippen LogP contribution in [-0.4, -0.2) is 42.2 Å². The Hall–Kier alpha value is -2.96. The number of benzene rings is 2. The molecule has 0 radical (unpaired) electrons. The molecule has 35 heavy (non-hydrogen) atoms. The zero-order valence-corrected chi connectivity index (χ0v) is 21.8. The smallest absolute Gasteiger partial charge is 0.175 e. The Morgan fingerprint density at radius 2 is 1.57 bits per heavy atom. The third-order valence-corrected chi connectivity index (χ3v) is 8.47. The largest absolute Gasteiger partial charge is 0.344 e. The van der Waals surface area contributed by atoms with Crippen LogP contribution >= 0.6 is 0 Å². The van der Waals surface area contributed by atoms with Crippen molar-refractivity contribution in [3.05, 3.63) is 71.9 Å². The summed E-state index contributed by atoms with van der Waals surface area (Å²) in [6, 6.07) is 20.2. The zero-order valence-electron chi connectivity index (χ0n) is 21.0. The molecule has 2 aromatic heterocycles. The van der Waals surface area contributed by atoms with Crippen LogP contribution in [0.3, 0.4) is 0 Å². The average Bonchev–Trinajstić information content (AvgIpc) is 3.17. The van der Waals surface area contributed by atoms with E-state index >= 15 is 0 Å². The maximum absolute atomic E-state index is 11.8. The number of likely N-dealkylation sites (tertiary alicyclic amines) is 1. The van der Waals surface area contributed by atoms with Gasteiger partial charge in [-0.15, -0.1) is 0 Å². The van der Waals surface area contributed by atoms with E-state index in [-0.39, 0.29) is 0 Å². The van der Waals surface area contributed by atoms with Crippen molar-refractivity contribution in [3.8, 4) is 22.5 Å². The molecule has 0 saturated carbocycles. The summed E-state index contributed by atoms with van der Waals surface area (Å²) in [6.07, 6.45) is 3.82. The van der Waals surface area contributed by atoms with Crippen molar-refractivity contribution in [3.63, 3.8) is 0 Å². The second kappa shape index (κ2) is 9.25. The average molecular weight is 488 g/mol. The number of hydrogen-bond donors (Lipinski definition) is 0. The quantitative estimate of drug-likeness (QED) is 0.354. The van der Waals surface area contributed by atoms with Crippen LogP contribution < -0.4 is 0 Å². The minimum Gasteiger partial charge on any atom is -0.344 e. The van der Waals surface area contributed by atoms with Crippen molar-refractivity contribution in [2.45, 2.75) is 38.1 Å². The normalized spacial score (nSPS) is 15.7. The van der Waals surface area contributed by atoms with E-state index in [0.717, 1.165) is 51.6 Å². The van der Waals surface area contributed by atoms with E-state index in [2.05, 4.69) is 52.8 Å². The number of sulfone groups is 1. The molecule has 0 aliphatic carbocycles.